The standard InChI is InChI=1S/C15H22Br2N2O/c1-2-3-4-5-6-7-8-14(20)19-15-12(17)9-11(16)10-13(15)18/h9-10H,2-8,18H2,1H3,(H,19,20). The predicted molar refractivity (Wildman–Crippen MR) is 92.9 cm³/mol. The van der Waals surface area contributed by atoms with Gasteiger partial charge in [-0.3, -0.25) is 4.79 Å². The van der Waals surface area contributed by atoms with Gasteiger partial charge in [-0.1, -0.05) is 55.0 Å². The van der Waals surface area contributed by atoms with Crippen LogP contribution >= 0.6 is 31.9 Å². The van der Waals surface area contributed by atoms with Gasteiger partial charge in [0, 0.05) is 15.4 Å². The summed E-state index contributed by atoms with van der Waals surface area (Å²) in [6.45, 7) is 2.20. The summed E-state index contributed by atoms with van der Waals surface area (Å²) in [5, 5.41) is 2.88. The zero-order chi connectivity index (χ0) is 15.0. The first-order chi connectivity index (χ1) is 9.54. The third-order valence-corrected chi connectivity index (χ3v) is 4.19. The number of rotatable bonds is 8. The molecule has 112 valence electrons. The van der Waals surface area contributed by atoms with E-state index in [0.29, 0.717) is 17.8 Å². The maximum atomic E-state index is 11.9. The number of nitrogen functional groups attached to an aromatic ring is 1. The highest BCUT2D eigenvalue weighted by molar-refractivity contribution is 9.11. The summed E-state index contributed by atoms with van der Waals surface area (Å²) >= 11 is 6.77. The quantitative estimate of drug-likeness (QED) is 0.444. The van der Waals surface area contributed by atoms with Gasteiger partial charge in [0.15, 0.2) is 0 Å². The van der Waals surface area contributed by atoms with Crippen molar-refractivity contribution in [2.45, 2.75) is 51.9 Å². The summed E-state index contributed by atoms with van der Waals surface area (Å²) in [5.74, 6) is 0.0233. The van der Waals surface area contributed by atoms with Crippen LogP contribution in [0.5, 0.6) is 0 Å². The normalized spacial score (nSPS) is 10.6. The molecule has 0 bridgehead atoms. The van der Waals surface area contributed by atoms with Gasteiger partial charge < -0.3 is 11.1 Å². The smallest absolute Gasteiger partial charge is 0.224 e. The molecule has 0 fully saturated rings. The van der Waals surface area contributed by atoms with Crippen molar-refractivity contribution in [2.75, 3.05) is 11.1 Å². The highest BCUT2D eigenvalue weighted by Gasteiger charge is 2.09. The molecule has 0 atom stereocenters. The Morgan fingerprint density at radius 1 is 1.15 bits per heavy atom. The fourth-order valence-electron chi connectivity index (χ4n) is 1.99. The van der Waals surface area contributed by atoms with Crippen molar-refractivity contribution in [3.05, 3.63) is 21.1 Å². The summed E-state index contributed by atoms with van der Waals surface area (Å²) < 4.78 is 1.68. The number of benzene rings is 1. The lowest BCUT2D eigenvalue weighted by molar-refractivity contribution is -0.116. The number of nitrogens with two attached hydrogens (primary N) is 1. The number of hydrogen-bond donors (Lipinski definition) is 2. The Hall–Kier alpha value is -0.550. The molecule has 0 aliphatic heterocycles. The Labute approximate surface area is 138 Å². The fourth-order valence-corrected chi connectivity index (χ4v) is 3.35. The molecule has 1 aromatic rings. The van der Waals surface area contributed by atoms with Crippen LogP contribution in [0.3, 0.4) is 0 Å². The van der Waals surface area contributed by atoms with Crippen molar-refractivity contribution in [3.63, 3.8) is 0 Å². The van der Waals surface area contributed by atoms with Gasteiger partial charge >= 0.3 is 0 Å². The molecule has 0 radical (unpaired) electrons. The van der Waals surface area contributed by atoms with Gasteiger partial charge in [-0.2, -0.15) is 0 Å². The van der Waals surface area contributed by atoms with Crippen LogP contribution < -0.4 is 11.1 Å². The monoisotopic (exact) mass is 404 g/mol. The Balaban J connectivity index is 2.36. The first-order valence-corrected chi connectivity index (χ1v) is 8.67. The third-order valence-electron chi connectivity index (χ3n) is 3.11. The van der Waals surface area contributed by atoms with Gasteiger partial charge in [0.1, 0.15) is 0 Å². The molecule has 3 nitrogen and oxygen atoms in total. The van der Waals surface area contributed by atoms with Crippen LogP contribution in [0.4, 0.5) is 11.4 Å². The second kappa shape index (κ2) is 9.40. The van der Waals surface area contributed by atoms with Gasteiger partial charge in [0.25, 0.3) is 0 Å². The van der Waals surface area contributed by atoms with Gasteiger partial charge in [-0.25, -0.2) is 0 Å². The highest BCUT2D eigenvalue weighted by Crippen LogP contribution is 2.32. The van der Waals surface area contributed by atoms with Gasteiger partial charge in [0.2, 0.25) is 5.91 Å². The molecule has 0 aliphatic carbocycles. The summed E-state index contributed by atoms with van der Waals surface area (Å²) in [7, 11) is 0. The van der Waals surface area contributed by atoms with Crippen LogP contribution in [-0.2, 0) is 4.79 Å². The molecule has 0 saturated carbocycles. The number of halogens is 2. The van der Waals surface area contributed by atoms with Crippen molar-refractivity contribution in [1.82, 2.24) is 0 Å². The lowest BCUT2D eigenvalue weighted by atomic mass is 10.1. The molecule has 0 aliphatic rings. The zero-order valence-electron chi connectivity index (χ0n) is 11.8. The molecule has 0 saturated heterocycles. The summed E-state index contributed by atoms with van der Waals surface area (Å²) in [4.78, 5) is 11.9. The predicted octanol–water partition coefficient (Wildman–Crippen LogP) is 5.48. The van der Waals surface area contributed by atoms with E-state index < -0.39 is 0 Å². The van der Waals surface area contributed by atoms with E-state index >= 15 is 0 Å². The van der Waals surface area contributed by atoms with Crippen LogP contribution in [-0.4, -0.2) is 5.91 Å². The largest absolute Gasteiger partial charge is 0.397 e. The van der Waals surface area contributed by atoms with Crippen molar-refractivity contribution in [3.8, 4) is 0 Å². The van der Waals surface area contributed by atoms with E-state index in [0.717, 1.165) is 21.8 Å². The number of nitrogens with one attached hydrogen (secondary N) is 1. The molecule has 1 aromatic carbocycles. The van der Waals surface area contributed by atoms with E-state index in [9.17, 15) is 4.79 Å². The fraction of sp³-hybridized carbons (Fsp3) is 0.533. The molecule has 0 spiro atoms. The molecule has 1 amide bonds. The molecule has 1 rings (SSSR count). The van der Waals surface area contributed by atoms with Crippen LogP contribution in [0, 0.1) is 0 Å². The molecule has 3 N–H and O–H groups in total. The van der Waals surface area contributed by atoms with Crippen LogP contribution in [0.15, 0.2) is 21.1 Å². The Morgan fingerprint density at radius 3 is 2.45 bits per heavy atom. The van der Waals surface area contributed by atoms with E-state index in [2.05, 4.69) is 44.1 Å². The average molecular weight is 406 g/mol. The number of unbranched alkanes of at least 4 members (excludes halogenated alkanes) is 5. The SMILES string of the molecule is CCCCCCCCC(=O)Nc1c(N)cc(Br)cc1Br. The Bertz CT molecular complexity index is 426. The molecular weight excluding hydrogens is 384 g/mol. The first kappa shape index (κ1) is 17.5. The second-order valence-electron chi connectivity index (χ2n) is 4.92. The summed E-state index contributed by atoms with van der Waals surface area (Å²) in [6, 6.07) is 3.65. The lowest BCUT2D eigenvalue weighted by Gasteiger charge is -2.11. The lowest BCUT2D eigenvalue weighted by Crippen LogP contribution is -2.13. The maximum absolute atomic E-state index is 11.9. The van der Waals surface area contributed by atoms with Crippen molar-refractivity contribution in [2.24, 2.45) is 0 Å². The van der Waals surface area contributed by atoms with E-state index in [1.165, 1.54) is 25.7 Å². The average Bonchev–Trinajstić information content (AvgIpc) is 2.38. The number of amides is 1. The maximum Gasteiger partial charge on any atom is 0.224 e. The number of hydrogen-bond acceptors (Lipinski definition) is 2. The highest BCUT2D eigenvalue weighted by atomic mass is 79.9. The minimum absolute atomic E-state index is 0.0233. The van der Waals surface area contributed by atoms with E-state index in [1.54, 1.807) is 6.07 Å². The van der Waals surface area contributed by atoms with Gasteiger partial charge in [-0.15, -0.1) is 0 Å². The number of anilines is 2. The van der Waals surface area contributed by atoms with Crippen molar-refractivity contribution in [1.29, 1.82) is 0 Å². The third kappa shape index (κ3) is 6.27. The molecule has 5 heteroatoms. The minimum atomic E-state index is 0.0233. The van der Waals surface area contributed by atoms with Crippen LogP contribution in [0.2, 0.25) is 0 Å². The van der Waals surface area contributed by atoms with Crippen LogP contribution in [0.25, 0.3) is 0 Å². The molecule has 20 heavy (non-hydrogen) atoms. The minimum Gasteiger partial charge on any atom is -0.397 e. The zero-order valence-corrected chi connectivity index (χ0v) is 15.0. The molecular formula is C15H22Br2N2O. The molecule has 0 unspecified atom stereocenters. The first-order valence-electron chi connectivity index (χ1n) is 7.09. The number of carbonyl (C=O) groups excluding carboxylic acids is 1. The van der Waals surface area contributed by atoms with Crippen LogP contribution in [0.1, 0.15) is 51.9 Å². The Kier molecular flexibility index (Phi) is 8.22. The summed E-state index contributed by atoms with van der Waals surface area (Å²) in [5.41, 5.74) is 7.12. The van der Waals surface area contributed by atoms with E-state index in [4.69, 9.17) is 5.73 Å². The van der Waals surface area contributed by atoms with Gasteiger partial charge in [-0.05, 0) is 34.5 Å². The summed E-state index contributed by atoms with van der Waals surface area (Å²) in [6.07, 6.45) is 7.61. The second-order valence-corrected chi connectivity index (χ2v) is 6.69. The topological polar surface area (TPSA) is 55.1 Å². The Morgan fingerprint density at radius 2 is 1.80 bits per heavy atom. The van der Waals surface area contributed by atoms with Gasteiger partial charge in [0.05, 0.1) is 11.4 Å². The molecule has 0 heterocycles. The van der Waals surface area contributed by atoms with E-state index in [-0.39, 0.29) is 5.91 Å². The number of carbonyl (C=O) groups is 1. The molecule has 0 aromatic heterocycles. The van der Waals surface area contributed by atoms with Crippen molar-refractivity contribution >= 4 is 49.1 Å². The van der Waals surface area contributed by atoms with Crippen molar-refractivity contribution < 1.29 is 4.79 Å². The van der Waals surface area contributed by atoms with E-state index in [1.807, 2.05) is 6.07 Å².